The number of anilines is 1. The second-order valence-corrected chi connectivity index (χ2v) is 6.48. The molecule has 1 aromatic carbocycles. The molecule has 0 aromatic heterocycles. The average molecular weight is 300 g/mol. The second kappa shape index (κ2) is 6.46. The monoisotopic (exact) mass is 299 g/mol. The number of ether oxygens (including phenoxy) is 1. The molecule has 0 bridgehead atoms. The van der Waals surface area contributed by atoms with Gasteiger partial charge in [0, 0.05) is 16.3 Å². The molecule has 0 heterocycles. The smallest absolute Gasteiger partial charge is 0.412 e. The van der Waals surface area contributed by atoms with E-state index in [1.54, 1.807) is 39.0 Å². The lowest BCUT2D eigenvalue weighted by Gasteiger charge is -2.22. The average Bonchev–Trinajstić information content (AvgIpc) is 2.27. The molecule has 0 spiro atoms. The number of benzene rings is 1. The molecular weight excluding hydrogens is 278 g/mol. The Hall–Kier alpha value is -1.26. The lowest BCUT2D eigenvalue weighted by Crippen LogP contribution is -2.27. The Morgan fingerprint density at radius 1 is 1.35 bits per heavy atom. The van der Waals surface area contributed by atoms with Crippen molar-refractivity contribution in [3.05, 3.63) is 28.8 Å². The number of hydrogen-bond donors (Lipinski definition) is 2. The Balaban J connectivity index is 2.98. The third-order valence-electron chi connectivity index (χ3n) is 2.60. The van der Waals surface area contributed by atoms with Gasteiger partial charge in [-0.05, 0) is 44.9 Å². The zero-order valence-corrected chi connectivity index (χ0v) is 13.3. The van der Waals surface area contributed by atoms with Gasteiger partial charge in [-0.1, -0.05) is 25.4 Å². The highest BCUT2D eigenvalue weighted by Crippen LogP contribution is 2.31. The van der Waals surface area contributed by atoms with Crippen LogP contribution >= 0.6 is 11.6 Å². The molecule has 0 aliphatic rings. The number of amides is 1. The number of nitrogens with one attached hydrogen (secondary N) is 1. The summed E-state index contributed by atoms with van der Waals surface area (Å²) in [4.78, 5) is 11.8. The lowest BCUT2D eigenvalue weighted by atomic mass is 9.97. The summed E-state index contributed by atoms with van der Waals surface area (Å²) in [5.74, 6) is 0.00709. The summed E-state index contributed by atoms with van der Waals surface area (Å²) in [6.45, 7) is 9.15. The molecule has 0 saturated heterocycles. The summed E-state index contributed by atoms with van der Waals surface area (Å²) in [5.41, 5.74) is 0.510. The quantitative estimate of drug-likeness (QED) is 0.871. The Kier molecular flexibility index (Phi) is 5.42. The van der Waals surface area contributed by atoms with Gasteiger partial charge in [-0.2, -0.15) is 0 Å². The summed E-state index contributed by atoms with van der Waals surface area (Å²) < 4.78 is 5.20. The molecular formula is C15H22ClNO3. The van der Waals surface area contributed by atoms with Crippen LogP contribution in [-0.2, 0) is 4.74 Å². The molecule has 0 aliphatic heterocycles. The summed E-state index contributed by atoms with van der Waals surface area (Å²) >= 11 is 5.95. The maximum Gasteiger partial charge on any atom is 0.412 e. The molecule has 1 atom stereocenters. The fourth-order valence-corrected chi connectivity index (χ4v) is 1.85. The lowest BCUT2D eigenvalue weighted by molar-refractivity contribution is 0.0635. The first-order valence-corrected chi connectivity index (χ1v) is 6.95. The van der Waals surface area contributed by atoms with E-state index in [0.717, 1.165) is 0 Å². The minimum atomic E-state index is -0.710. The molecule has 1 amide bonds. The first kappa shape index (κ1) is 16.8. The van der Waals surface area contributed by atoms with Crippen LogP contribution in [0.2, 0.25) is 5.02 Å². The van der Waals surface area contributed by atoms with E-state index in [9.17, 15) is 9.90 Å². The van der Waals surface area contributed by atoms with E-state index in [-0.39, 0.29) is 5.92 Å². The number of carbonyl (C=O) groups excluding carboxylic acids is 1. The highest BCUT2D eigenvalue weighted by Gasteiger charge is 2.20. The van der Waals surface area contributed by atoms with E-state index in [1.807, 2.05) is 13.8 Å². The van der Waals surface area contributed by atoms with Crippen LogP contribution in [0.5, 0.6) is 0 Å². The van der Waals surface area contributed by atoms with Gasteiger partial charge in [0.25, 0.3) is 0 Å². The van der Waals surface area contributed by atoms with Gasteiger partial charge < -0.3 is 9.84 Å². The van der Waals surface area contributed by atoms with Crippen LogP contribution in [0.15, 0.2) is 18.2 Å². The van der Waals surface area contributed by atoms with Crippen molar-refractivity contribution in [2.75, 3.05) is 5.32 Å². The van der Waals surface area contributed by atoms with Gasteiger partial charge in [-0.3, -0.25) is 5.32 Å². The van der Waals surface area contributed by atoms with Crippen LogP contribution in [-0.4, -0.2) is 16.8 Å². The highest BCUT2D eigenvalue weighted by atomic mass is 35.5. The van der Waals surface area contributed by atoms with Crippen molar-refractivity contribution in [1.29, 1.82) is 0 Å². The first-order valence-electron chi connectivity index (χ1n) is 6.57. The molecule has 1 rings (SSSR count). The standard InChI is InChI=1S/C15H22ClNO3/c1-9(2)13(18)11-8-10(16)6-7-12(11)17-14(19)20-15(3,4)5/h6-9,13,18H,1-5H3,(H,17,19). The molecule has 20 heavy (non-hydrogen) atoms. The summed E-state index contributed by atoms with van der Waals surface area (Å²) in [5, 5.41) is 13.4. The van der Waals surface area contributed by atoms with E-state index in [4.69, 9.17) is 16.3 Å². The van der Waals surface area contributed by atoms with E-state index in [0.29, 0.717) is 16.3 Å². The van der Waals surface area contributed by atoms with Crippen molar-refractivity contribution in [3.8, 4) is 0 Å². The molecule has 1 unspecified atom stereocenters. The zero-order valence-electron chi connectivity index (χ0n) is 12.5. The summed E-state index contributed by atoms with van der Waals surface area (Å²) in [6.07, 6.45) is -1.27. The zero-order chi connectivity index (χ0) is 15.5. The third-order valence-corrected chi connectivity index (χ3v) is 2.83. The number of aliphatic hydroxyl groups excluding tert-OH is 1. The van der Waals surface area contributed by atoms with Crippen LogP contribution in [0.25, 0.3) is 0 Å². The topological polar surface area (TPSA) is 58.6 Å². The molecule has 5 heteroatoms. The Morgan fingerprint density at radius 2 is 1.95 bits per heavy atom. The number of halogens is 1. The van der Waals surface area contributed by atoms with Gasteiger partial charge >= 0.3 is 6.09 Å². The van der Waals surface area contributed by atoms with Gasteiger partial charge in [-0.15, -0.1) is 0 Å². The molecule has 4 nitrogen and oxygen atoms in total. The first-order chi connectivity index (χ1) is 9.10. The van der Waals surface area contributed by atoms with Gasteiger partial charge in [0.1, 0.15) is 5.60 Å². The number of aliphatic hydroxyl groups is 1. The Morgan fingerprint density at radius 3 is 2.45 bits per heavy atom. The fourth-order valence-electron chi connectivity index (χ4n) is 1.66. The third kappa shape index (κ3) is 5.02. The van der Waals surface area contributed by atoms with E-state index in [2.05, 4.69) is 5.32 Å². The van der Waals surface area contributed by atoms with Crippen LogP contribution < -0.4 is 5.32 Å². The Labute approximate surface area is 125 Å². The molecule has 0 saturated carbocycles. The number of rotatable bonds is 3. The minimum Gasteiger partial charge on any atom is -0.444 e. The van der Waals surface area contributed by atoms with Crippen LogP contribution in [0.3, 0.4) is 0 Å². The summed E-state index contributed by atoms with van der Waals surface area (Å²) in [7, 11) is 0. The van der Waals surface area contributed by atoms with E-state index >= 15 is 0 Å². The van der Waals surface area contributed by atoms with Crippen molar-refractivity contribution in [2.24, 2.45) is 5.92 Å². The van der Waals surface area contributed by atoms with Crippen LogP contribution in [0, 0.1) is 5.92 Å². The van der Waals surface area contributed by atoms with Crippen molar-refractivity contribution in [2.45, 2.75) is 46.3 Å². The molecule has 1 aromatic rings. The van der Waals surface area contributed by atoms with Gasteiger partial charge in [-0.25, -0.2) is 4.79 Å². The number of carbonyl (C=O) groups is 1. The summed E-state index contributed by atoms with van der Waals surface area (Å²) in [6, 6.07) is 4.97. The van der Waals surface area contributed by atoms with Crippen molar-refractivity contribution >= 4 is 23.4 Å². The molecule has 0 fully saturated rings. The van der Waals surface area contributed by atoms with Gasteiger partial charge in [0.05, 0.1) is 6.10 Å². The molecule has 0 radical (unpaired) electrons. The number of hydrogen-bond acceptors (Lipinski definition) is 3. The SMILES string of the molecule is CC(C)C(O)c1cc(Cl)ccc1NC(=O)OC(C)(C)C. The normalized spacial score (nSPS) is 13.2. The van der Waals surface area contributed by atoms with Crippen LogP contribution in [0.1, 0.15) is 46.3 Å². The van der Waals surface area contributed by atoms with Gasteiger partial charge in [0.15, 0.2) is 0 Å². The highest BCUT2D eigenvalue weighted by molar-refractivity contribution is 6.30. The largest absolute Gasteiger partial charge is 0.444 e. The molecule has 0 aliphatic carbocycles. The second-order valence-electron chi connectivity index (χ2n) is 6.05. The maximum absolute atomic E-state index is 11.8. The molecule has 2 N–H and O–H groups in total. The predicted octanol–water partition coefficient (Wildman–Crippen LogP) is 4.38. The van der Waals surface area contributed by atoms with Gasteiger partial charge in [0.2, 0.25) is 0 Å². The fraction of sp³-hybridized carbons (Fsp3) is 0.533. The van der Waals surface area contributed by atoms with Crippen molar-refractivity contribution < 1.29 is 14.6 Å². The molecule has 112 valence electrons. The van der Waals surface area contributed by atoms with E-state index in [1.165, 1.54) is 0 Å². The minimum absolute atomic E-state index is 0.00709. The Bertz CT molecular complexity index is 480. The predicted molar refractivity (Wildman–Crippen MR) is 81.1 cm³/mol. The van der Waals surface area contributed by atoms with Crippen LogP contribution in [0.4, 0.5) is 10.5 Å². The maximum atomic E-state index is 11.8. The van der Waals surface area contributed by atoms with Crippen molar-refractivity contribution in [3.63, 3.8) is 0 Å². The van der Waals surface area contributed by atoms with Crippen molar-refractivity contribution in [1.82, 2.24) is 0 Å². The van der Waals surface area contributed by atoms with E-state index < -0.39 is 17.8 Å².